The second-order valence-electron chi connectivity index (χ2n) is 5.66. The number of nitrogens with one attached hydrogen (secondary N) is 1. The summed E-state index contributed by atoms with van der Waals surface area (Å²) in [5.74, 6) is -1.09. The number of carbonyl (C=O) groups excluding carboxylic acids is 2. The number of esters is 1. The minimum atomic E-state index is -0.651. The molecule has 1 atom stereocenters. The van der Waals surface area contributed by atoms with Gasteiger partial charge in [-0.2, -0.15) is 4.68 Å². The van der Waals surface area contributed by atoms with Crippen molar-refractivity contribution in [1.82, 2.24) is 25.5 Å². The van der Waals surface area contributed by atoms with E-state index in [1.807, 2.05) is 18.2 Å². The van der Waals surface area contributed by atoms with E-state index in [4.69, 9.17) is 16.3 Å². The van der Waals surface area contributed by atoms with Gasteiger partial charge in [-0.05, 0) is 41.1 Å². The van der Waals surface area contributed by atoms with Gasteiger partial charge in [-0.1, -0.05) is 41.9 Å². The topological polar surface area (TPSA) is 99.0 Å². The van der Waals surface area contributed by atoms with Crippen LogP contribution in [-0.4, -0.2) is 38.7 Å². The molecule has 0 spiro atoms. The molecule has 1 aromatic heterocycles. The van der Waals surface area contributed by atoms with Gasteiger partial charge in [-0.15, -0.1) is 5.10 Å². The number of para-hydroxylation sites is 1. The summed E-state index contributed by atoms with van der Waals surface area (Å²) in [7, 11) is 0. The van der Waals surface area contributed by atoms with Crippen LogP contribution >= 0.6 is 11.6 Å². The van der Waals surface area contributed by atoms with Crippen LogP contribution in [0.2, 0.25) is 5.02 Å². The van der Waals surface area contributed by atoms with Gasteiger partial charge in [0.1, 0.15) is 6.33 Å². The Hall–Kier alpha value is -3.26. The molecule has 3 aromatic rings. The van der Waals surface area contributed by atoms with Gasteiger partial charge in [0, 0.05) is 5.02 Å². The molecule has 27 heavy (non-hydrogen) atoms. The van der Waals surface area contributed by atoms with Crippen molar-refractivity contribution < 1.29 is 14.3 Å². The fraction of sp³-hybridized carbons (Fsp3) is 0.167. The molecule has 1 amide bonds. The Morgan fingerprint density at radius 1 is 1.19 bits per heavy atom. The molecule has 0 bridgehead atoms. The molecule has 8 nitrogen and oxygen atoms in total. The molecule has 138 valence electrons. The molecule has 0 saturated carbocycles. The quantitative estimate of drug-likeness (QED) is 0.654. The predicted molar refractivity (Wildman–Crippen MR) is 97.4 cm³/mol. The number of halogens is 1. The third kappa shape index (κ3) is 4.48. The zero-order valence-corrected chi connectivity index (χ0v) is 15.1. The Bertz CT molecular complexity index is 946. The number of nitrogens with zero attached hydrogens (tertiary/aromatic N) is 4. The van der Waals surface area contributed by atoms with Crippen LogP contribution in [0.25, 0.3) is 5.69 Å². The lowest BCUT2D eigenvalue weighted by Gasteiger charge is -2.16. The maximum absolute atomic E-state index is 12.4. The summed E-state index contributed by atoms with van der Waals surface area (Å²) in [5, 5.41) is 14.2. The van der Waals surface area contributed by atoms with Crippen LogP contribution in [0.4, 0.5) is 0 Å². The molecule has 0 aliphatic rings. The summed E-state index contributed by atoms with van der Waals surface area (Å²) in [6.07, 6.45) is 1.37. The number of rotatable bonds is 6. The van der Waals surface area contributed by atoms with Crippen molar-refractivity contribution in [3.63, 3.8) is 0 Å². The van der Waals surface area contributed by atoms with E-state index in [2.05, 4.69) is 20.8 Å². The highest BCUT2D eigenvalue weighted by Gasteiger charge is 2.17. The molecule has 1 heterocycles. The van der Waals surface area contributed by atoms with Gasteiger partial charge in [0.15, 0.2) is 6.61 Å². The van der Waals surface area contributed by atoms with Crippen LogP contribution in [-0.2, 0) is 9.53 Å². The highest BCUT2D eigenvalue weighted by atomic mass is 35.5. The fourth-order valence-electron chi connectivity index (χ4n) is 2.51. The average Bonchev–Trinajstić information content (AvgIpc) is 3.21. The van der Waals surface area contributed by atoms with Crippen LogP contribution in [0, 0.1) is 0 Å². The lowest BCUT2D eigenvalue weighted by atomic mass is 10.1. The highest BCUT2D eigenvalue weighted by molar-refractivity contribution is 6.31. The Labute approximate surface area is 160 Å². The molecule has 9 heteroatoms. The first-order valence-corrected chi connectivity index (χ1v) is 8.47. The van der Waals surface area contributed by atoms with Crippen molar-refractivity contribution in [2.45, 2.75) is 13.0 Å². The predicted octanol–water partition coefficient (Wildman–Crippen LogP) is 2.35. The van der Waals surface area contributed by atoms with Gasteiger partial charge >= 0.3 is 5.97 Å². The van der Waals surface area contributed by atoms with Gasteiger partial charge in [-0.25, -0.2) is 4.79 Å². The van der Waals surface area contributed by atoms with E-state index in [-0.39, 0.29) is 11.6 Å². The summed E-state index contributed by atoms with van der Waals surface area (Å²) in [5.41, 5.74) is 1.48. The molecule has 0 radical (unpaired) electrons. The van der Waals surface area contributed by atoms with E-state index >= 15 is 0 Å². The van der Waals surface area contributed by atoms with Crippen LogP contribution in [0.5, 0.6) is 0 Å². The van der Waals surface area contributed by atoms with E-state index in [1.165, 1.54) is 11.0 Å². The van der Waals surface area contributed by atoms with Crippen molar-refractivity contribution in [3.8, 4) is 5.69 Å². The van der Waals surface area contributed by atoms with Gasteiger partial charge in [-0.3, -0.25) is 4.79 Å². The zero-order chi connectivity index (χ0) is 19.2. The third-order valence-electron chi connectivity index (χ3n) is 3.80. The summed E-state index contributed by atoms with van der Waals surface area (Å²) in [4.78, 5) is 24.5. The number of ether oxygens (including phenoxy) is 1. The van der Waals surface area contributed by atoms with Crippen molar-refractivity contribution in [3.05, 3.63) is 71.0 Å². The van der Waals surface area contributed by atoms with Crippen molar-refractivity contribution in [2.24, 2.45) is 0 Å². The normalized spacial score (nSPS) is 11.6. The number of carbonyl (C=O) groups is 2. The summed E-state index contributed by atoms with van der Waals surface area (Å²) >= 11 is 6.12. The third-order valence-corrected chi connectivity index (χ3v) is 4.15. The standard InChI is InChI=1S/C18H16ClN5O3/c1-12(13-6-2-4-8-15(13)19)21-17(25)10-27-18(26)14-7-3-5-9-16(14)24-11-20-22-23-24/h2-9,11-12H,10H2,1H3,(H,21,25)/t12-/m1/s1. The second-order valence-corrected chi connectivity index (χ2v) is 6.07. The Balaban J connectivity index is 1.61. The molecule has 2 aromatic carbocycles. The first kappa shape index (κ1) is 18.5. The van der Waals surface area contributed by atoms with E-state index in [1.54, 1.807) is 37.3 Å². The summed E-state index contributed by atoms with van der Waals surface area (Å²) in [6.45, 7) is 1.38. The zero-order valence-electron chi connectivity index (χ0n) is 14.4. The van der Waals surface area contributed by atoms with Gasteiger partial charge in [0.25, 0.3) is 5.91 Å². The van der Waals surface area contributed by atoms with Gasteiger partial charge in [0.05, 0.1) is 17.3 Å². The monoisotopic (exact) mass is 385 g/mol. The molecule has 3 rings (SSSR count). The first-order valence-electron chi connectivity index (χ1n) is 8.09. The largest absolute Gasteiger partial charge is 0.452 e. The fourth-order valence-corrected chi connectivity index (χ4v) is 2.81. The molecular formula is C18H16ClN5O3. The number of amides is 1. The molecule has 1 N–H and O–H groups in total. The molecular weight excluding hydrogens is 370 g/mol. The maximum atomic E-state index is 12.4. The Kier molecular flexibility index (Phi) is 5.77. The van der Waals surface area contributed by atoms with Crippen LogP contribution in [0.3, 0.4) is 0 Å². The number of aromatic nitrogens is 4. The molecule has 0 unspecified atom stereocenters. The SMILES string of the molecule is C[C@@H](NC(=O)COC(=O)c1ccccc1-n1cnnn1)c1ccccc1Cl. The highest BCUT2D eigenvalue weighted by Crippen LogP contribution is 2.22. The van der Waals surface area contributed by atoms with Crippen molar-refractivity contribution in [2.75, 3.05) is 6.61 Å². The summed E-state index contributed by atoms with van der Waals surface area (Å²) in [6, 6.07) is 13.6. The van der Waals surface area contributed by atoms with Gasteiger partial charge in [0.2, 0.25) is 0 Å². The van der Waals surface area contributed by atoms with E-state index in [9.17, 15) is 9.59 Å². The average molecular weight is 386 g/mol. The second kappa shape index (κ2) is 8.41. The minimum Gasteiger partial charge on any atom is -0.452 e. The van der Waals surface area contributed by atoms with Crippen LogP contribution < -0.4 is 5.32 Å². The number of hydrogen-bond acceptors (Lipinski definition) is 6. The number of tetrazole rings is 1. The smallest absolute Gasteiger partial charge is 0.340 e. The van der Waals surface area contributed by atoms with Gasteiger partial charge < -0.3 is 10.1 Å². The summed E-state index contributed by atoms with van der Waals surface area (Å²) < 4.78 is 6.47. The lowest BCUT2D eigenvalue weighted by Crippen LogP contribution is -2.31. The Morgan fingerprint density at radius 2 is 1.93 bits per heavy atom. The molecule has 0 fully saturated rings. The Morgan fingerprint density at radius 3 is 2.67 bits per heavy atom. The molecule has 0 saturated heterocycles. The van der Waals surface area contributed by atoms with Crippen molar-refractivity contribution in [1.29, 1.82) is 0 Å². The lowest BCUT2D eigenvalue weighted by molar-refractivity contribution is -0.124. The first-order chi connectivity index (χ1) is 13.1. The molecule has 0 aliphatic heterocycles. The van der Waals surface area contributed by atoms with Crippen LogP contribution in [0.15, 0.2) is 54.9 Å². The van der Waals surface area contributed by atoms with E-state index in [0.717, 1.165) is 5.56 Å². The van der Waals surface area contributed by atoms with Crippen molar-refractivity contribution >= 4 is 23.5 Å². The van der Waals surface area contributed by atoms with Crippen LogP contribution in [0.1, 0.15) is 28.9 Å². The number of hydrogen-bond donors (Lipinski definition) is 1. The van der Waals surface area contributed by atoms with E-state index < -0.39 is 18.5 Å². The maximum Gasteiger partial charge on any atom is 0.340 e. The minimum absolute atomic E-state index is 0.247. The number of benzene rings is 2. The molecule has 0 aliphatic carbocycles. The van der Waals surface area contributed by atoms with E-state index in [0.29, 0.717) is 10.7 Å².